The van der Waals surface area contributed by atoms with Gasteiger partial charge in [0.1, 0.15) is 0 Å². The predicted octanol–water partition coefficient (Wildman–Crippen LogP) is 1.01. The molecule has 7 heteroatoms. The lowest BCUT2D eigenvalue weighted by Gasteiger charge is -2.05. The molecule has 6 nitrogen and oxygen atoms in total. The fourth-order valence-electron chi connectivity index (χ4n) is 1.24. The fraction of sp³-hybridized carbons (Fsp3) is 0.818. The van der Waals surface area contributed by atoms with E-state index in [9.17, 15) is 0 Å². The maximum absolute atomic E-state index is 5.49. The van der Waals surface area contributed by atoms with E-state index in [4.69, 9.17) is 4.74 Å². The van der Waals surface area contributed by atoms with E-state index < -0.39 is 0 Å². The van der Waals surface area contributed by atoms with Crippen LogP contribution in [-0.2, 0) is 17.7 Å². The van der Waals surface area contributed by atoms with Gasteiger partial charge in [-0.1, -0.05) is 19.1 Å². The Bertz CT molecular complexity index is 307. The Morgan fingerprint density at radius 1 is 1.28 bits per heavy atom. The number of rotatable bonds is 11. The SMILES string of the molecule is CCCNSNCCOCCn1cc(CC)nn1. The molecule has 0 fully saturated rings. The van der Waals surface area contributed by atoms with Crippen LogP contribution in [0.2, 0.25) is 0 Å². The summed E-state index contributed by atoms with van der Waals surface area (Å²) >= 11 is 1.53. The Labute approximate surface area is 113 Å². The number of ether oxygens (including phenoxy) is 1. The molecule has 0 aliphatic rings. The smallest absolute Gasteiger partial charge is 0.0824 e. The molecule has 1 aromatic rings. The molecule has 0 atom stereocenters. The van der Waals surface area contributed by atoms with Crippen molar-refractivity contribution in [3.05, 3.63) is 11.9 Å². The lowest BCUT2D eigenvalue weighted by Crippen LogP contribution is -2.19. The van der Waals surface area contributed by atoms with Gasteiger partial charge in [0.25, 0.3) is 0 Å². The number of nitrogens with zero attached hydrogens (tertiary/aromatic N) is 3. The third-order valence-corrected chi connectivity index (χ3v) is 2.95. The average Bonchev–Trinajstić information content (AvgIpc) is 2.85. The lowest BCUT2D eigenvalue weighted by molar-refractivity contribution is 0.128. The molecular weight excluding hydrogens is 250 g/mol. The minimum Gasteiger partial charge on any atom is -0.378 e. The van der Waals surface area contributed by atoms with Crippen LogP contribution in [0.1, 0.15) is 26.0 Å². The van der Waals surface area contributed by atoms with Gasteiger partial charge >= 0.3 is 0 Å². The van der Waals surface area contributed by atoms with E-state index in [0.29, 0.717) is 13.2 Å². The van der Waals surface area contributed by atoms with Crippen molar-refractivity contribution < 1.29 is 4.74 Å². The molecular formula is C11H23N5OS. The molecule has 0 amide bonds. The second-order valence-electron chi connectivity index (χ2n) is 3.83. The van der Waals surface area contributed by atoms with Crippen LogP contribution in [0.15, 0.2) is 6.20 Å². The molecule has 0 bridgehead atoms. The van der Waals surface area contributed by atoms with E-state index in [2.05, 4.69) is 33.6 Å². The third-order valence-electron chi connectivity index (χ3n) is 2.26. The summed E-state index contributed by atoms with van der Waals surface area (Å²) in [6.45, 7) is 8.20. The van der Waals surface area contributed by atoms with Crippen molar-refractivity contribution in [2.45, 2.75) is 33.2 Å². The van der Waals surface area contributed by atoms with Crippen molar-refractivity contribution in [1.29, 1.82) is 0 Å². The normalized spacial score (nSPS) is 11.0. The van der Waals surface area contributed by atoms with Gasteiger partial charge in [0.2, 0.25) is 0 Å². The second-order valence-corrected chi connectivity index (χ2v) is 4.61. The van der Waals surface area contributed by atoms with E-state index in [-0.39, 0.29) is 0 Å². The molecule has 0 saturated heterocycles. The summed E-state index contributed by atoms with van der Waals surface area (Å²) in [5, 5.41) is 8.04. The fourth-order valence-corrected chi connectivity index (χ4v) is 1.83. The number of hydrogen-bond acceptors (Lipinski definition) is 6. The largest absolute Gasteiger partial charge is 0.378 e. The van der Waals surface area contributed by atoms with E-state index in [1.165, 1.54) is 12.1 Å². The van der Waals surface area contributed by atoms with Gasteiger partial charge in [0, 0.05) is 31.4 Å². The molecule has 0 unspecified atom stereocenters. The van der Waals surface area contributed by atoms with Crippen molar-refractivity contribution in [3.63, 3.8) is 0 Å². The quantitative estimate of drug-likeness (QED) is 0.463. The predicted molar refractivity (Wildman–Crippen MR) is 74.1 cm³/mol. The molecule has 1 rings (SSSR count). The summed E-state index contributed by atoms with van der Waals surface area (Å²) in [6, 6.07) is 0. The zero-order valence-electron chi connectivity index (χ0n) is 11.2. The molecule has 2 N–H and O–H groups in total. The highest BCUT2D eigenvalue weighted by molar-refractivity contribution is 7.95. The zero-order valence-corrected chi connectivity index (χ0v) is 12.0. The molecule has 1 aromatic heterocycles. The van der Waals surface area contributed by atoms with E-state index in [1.807, 2.05) is 10.9 Å². The third kappa shape index (κ3) is 6.95. The Morgan fingerprint density at radius 3 is 2.83 bits per heavy atom. The maximum atomic E-state index is 5.49. The maximum Gasteiger partial charge on any atom is 0.0824 e. The van der Waals surface area contributed by atoms with E-state index >= 15 is 0 Å². The first-order valence-electron chi connectivity index (χ1n) is 6.45. The van der Waals surface area contributed by atoms with Crippen molar-refractivity contribution in [2.75, 3.05) is 26.3 Å². The topological polar surface area (TPSA) is 64.0 Å². The van der Waals surface area contributed by atoms with E-state index in [1.54, 1.807) is 0 Å². The molecule has 0 aliphatic carbocycles. The Kier molecular flexibility index (Phi) is 8.83. The van der Waals surface area contributed by atoms with Gasteiger partial charge in [0.05, 0.1) is 25.5 Å². The Hall–Kier alpha value is -0.630. The average molecular weight is 273 g/mol. The number of hydrogen-bond donors (Lipinski definition) is 2. The standard InChI is InChI=1S/C11H23N5OS/c1-3-5-12-18-13-6-8-17-9-7-16-10-11(4-2)14-15-16/h10,12-13H,3-9H2,1-2H3. The van der Waals surface area contributed by atoms with Crippen LogP contribution in [0.3, 0.4) is 0 Å². The van der Waals surface area contributed by atoms with Crippen LogP contribution < -0.4 is 9.44 Å². The van der Waals surface area contributed by atoms with Crippen LogP contribution in [0.4, 0.5) is 0 Å². The molecule has 0 spiro atoms. The first kappa shape index (κ1) is 15.4. The van der Waals surface area contributed by atoms with Crippen LogP contribution in [0, 0.1) is 0 Å². The Balaban J connectivity index is 1.89. The molecule has 0 saturated carbocycles. The van der Waals surface area contributed by atoms with Crippen LogP contribution in [0.25, 0.3) is 0 Å². The summed E-state index contributed by atoms with van der Waals surface area (Å²) < 4.78 is 13.7. The molecule has 0 aromatic carbocycles. The van der Waals surface area contributed by atoms with Gasteiger partial charge in [-0.25, -0.2) is 9.40 Å². The van der Waals surface area contributed by atoms with Gasteiger partial charge in [-0.2, -0.15) is 0 Å². The second kappa shape index (κ2) is 10.3. The van der Waals surface area contributed by atoms with Gasteiger partial charge in [-0.15, -0.1) is 5.10 Å². The van der Waals surface area contributed by atoms with Gasteiger partial charge in [-0.3, -0.25) is 4.72 Å². The van der Waals surface area contributed by atoms with Gasteiger partial charge in [-0.05, 0) is 12.8 Å². The molecule has 104 valence electrons. The summed E-state index contributed by atoms with van der Waals surface area (Å²) in [5.41, 5.74) is 1.02. The first-order valence-corrected chi connectivity index (χ1v) is 7.26. The highest BCUT2D eigenvalue weighted by Gasteiger charge is 1.97. The Morgan fingerprint density at radius 2 is 2.11 bits per heavy atom. The monoisotopic (exact) mass is 273 g/mol. The minimum absolute atomic E-state index is 0.668. The van der Waals surface area contributed by atoms with Gasteiger partial charge in [0.15, 0.2) is 0 Å². The molecule has 0 radical (unpaired) electrons. The number of aromatic nitrogens is 3. The van der Waals surface area contributed by atoms with Crippen LogP contribution in [0.5, 0.6) is 0 Å². The van der Waals surface area contributed by atoms with Crippen molar-refractivity contribution in [1.82, 2.24) is 24.4 Å². The molecule has 18 heavy (non-hydrogen) atoms. The highest BCUT2D eigenvalue weighted by atomic mass is 32.2. The van der Waals surface area contributed by atoms with Gasteiger partial charge < -0.3 is 4.74 Å². The number of aryl methyl sites for hydroxylation is 1. The van der Waals surface area contributed by atoms with Crippen molar-refractivity contribution in [2.24, 2.45) is 0 Å². The minimum atomic E-state index is 0.668. The number of nitrogens with one attached hydrogen (secondary N) is 2. The van der Waals surface area contributed by atoms with Crippen molar-refractivity contribution in [3.8, 4) is 0 Å². The molecule has 1 heterocycles. The summed E-state index contributed by atoms with van der Waals surface area (Å²) in [7, 11) is 0. The highest BCUT2D eigenvalue weighted by Crippen LogP contribution is 1.93. The van der Waals surface area contributed by atoms with Crippen LogP contribution in [-0.4, -0.2) is 41.3 Å². The zero-order chi connectivity index (χ0) is 13.1. The van der Waals surface area contributed by atoms with Crippen molar-refractivity contribution >= 4 is 12.1 Å². The van der Waals surface area contributed by atoms with Crippen LogP contribution >= 0.6 is 12.1 Å². The summed E-state index contributed by atoms with van der Waals surface area (Å²) in [4.78, 5) is 0. The summed E-state index contributed by atoms with van der Waals surface area (Å²) in [5.74, 6) is 0. The lowest BCUT2D eigenvalue weighted by atomic mass is 10.4. The summed E-state index contributed by atoms with van der Waals surface area (Å²) in [6.07, 6.45) is 4.03. The first-order chi connectivity index (χ1) is 8.86. The van der Waals surface area contributed by atoms with E-state index in [0.717, 1.165) is 38.2 Å². The molecule has 0 aliphatic heterocycles.